The van der Waals surface area contributed by atoms with Gasteiger partial charge in [-0.2, -0.15) is 8.78 Å². The molecule has 19 heavy (non-hydrogen) atoms. The summed E-state index contributed by atoms with van der Waals surface area (Å²) < 4.78 is 41.6. The molecule has 0 fully saturated rings. The lowest BCUT2D eigenvalue weighted by molar-refractivity contribution is -0.0521. The summed E-state index contributed by atoms with van der Waals surface area (Å²) in [4.78, 5) is 0. The van der Waals surface area contributed by atoms with E-state index in [-0.39, 0.29) is 29.9 Å². The fourth-order valence-corrected chi connectivity index (χ4v) is 1.50. The summed E-state index contributed by atoms with van der Waals surface area (Å²) in [5, 5.41) is 12.1. The van der Waals surface area contributed by atoms with Crippen LogP contribution in [0.25, 0.3) is 0 Å². The van der Waals surface area contributed by atoms with Crippen molar-refractivity contribution in [1.82, 2.24) is 0 Å². The maximum absolute atomic E-state index is 13.4. The molecular formula is C12H17F3N2O2. The molecule has 0 amide bonds. The molecule has 1 atom stereocenters. The third kappa shape index (κ3) is 4.20. The van der Waals surface area contributed by atoms with Crippen LogP contribution in [0.2, 0.25) is 0 Å². The third-order valence-corrected chi connectivity index (χ3v) is 2.66. The molecular weight excluding hydrogens is 261 g/mol. The van der Waals surface area contributed by atoms with E-state index >= 15 is 0 Å². The van der Waals surface area contributed by atoms with E-state index in [1.807, 2.05) is 13.8 Å². The van der Waals surface area contributed by atoms with Gasteiger partial charge in [0.05, 0.1) is 24.0 Å². The van der Waals surface area contributed by atoms with Gasteiger partial charge in [0.15, 0.2) is 11.6 Å². The van der Waals surface area contributed by atoms with Crippen molar-refractivity contribution in [3.63, 3.8) is 0 Å². The van der Waals surface area contributed by atoms with Gasteiger partial charge >= 0.3 is 6.61 Å². The molecule has 1 aromatic carbocycles. The van der Waals surface area contributed by atoms with Crippen molar-refractivity contribution in [2.75, 3.05) is 17.7 Å². The number of rotatable bonds is 6. The monoisotopic (exact) mass is 278 g/mol. The average molecular weight is 278 g/mol. The molecule has 0 radical (unpaired) electrons. The smallest absolute Gasteiger partial charge is 0.387 e. The highest BCUT2D eigenvalue weighted by molar-refractivity contribution is 5.69. The molecule has 108 valence electrons. The Kier molecular flexibility index (Phi) is 5.29. The zero-order valence-corrected chi connectivity index (χ0v) is 10.7. The summed E-state index contributed by atoms with van der Waals surface area (Å²) in [6.07, 6.45) is 0. The summed E-state index contributed by atoms with van der Waals surface area (Å²) in [7, 11) is 0. The van der Waals surface area contributed by atoms with Crippen LogP contribution in [-0.2, 0) is 0 Å². The van der Waals surface area contributed by atoms with Crippen LogP contribution in [0.5, 0.6) is 5.75 Å². The second kappa shape index (κ2) is 6.51. The van der Waals surface area contributed by atoms with E-state index in [2.05, 4.69) is 10.1 Å². The predicted molar refractivity (Wildman–Crippen MR) is 66.8 cm³/mol. The van der Waals surface area contributed by atoms with Crippen LogP contribution in [0.4, 0.5) is 24.5 Å². The van der Waals surface area contributed by atoms with E-state index < -0.39 is 18.2 Å². The standard InChI is InChI=1S/C12H17F3N2O2/c1-6(2)10(5-18)17-9-4-11(19-12(14)15)7(13)3-8(9)16/h3-4,6,10,12,17-18H,5,16H2,1-2H3. The molecule has 0 saturated carbocycles. The summed E-state index contributed by atoms with van der Waals surface area (Å²) in [5.41, 5.74) is 5.89. The Labute approximate surface area is 109 Å². The van der Waals surface area contributed by atoms with Gasteiger partial charge in [0, 0.05) is 12.1 Å². The van der Waals surface area contributed by atoms with E-state index in [0.29, 0.717) is 0 Å². The second-order valence-electron chi connectivity index (χ2n) is 4.43. The Balaban J connectivity index is 3.00. The number of benzene rings is 1. The Hall–Kier alpha value is -1.63. The van der Waals surface area contributed by atoms with Crippen LogP contribution < -0.4 is 15.8 Å². The number of hydrogen-bond acceptors (Lipinski definition) is 4. The number of nitrogens with one attached hydrogen (secondary N) is 1. The number of halogens is 3. The highest BCUT2D eigenvalue weighted by Gasteiger charge is 2.17. The van der Waals surface area contributed by atoms with Crippen LogP contribution in [0.1, 0.15) is 13.8 Å². The summed E-state index contributed by atoms with van der Waals surface area (Å²) in [5.74, 6) is -1.48. The SMILES string of the molecule is CC(C)C(CO)Nc1cc(OC(F)F)c(F)cc1N. The van der Waals surface area contributed by atoms with Gasteiger partial charge in [0.25, 0.3) is 0 Å². The van der Waals surface area contributed by atoms with Crippen molar-refractivity contribution in [3.8, 4) is 5.75 Å². The molecule has 0 heterocycles. The molecule has 0 bridgehead atoms. The van der Waals surface area contributed by atoms with E-state index in [9.17, 15) is 18.3 Å². The quantitative estimate of drug-likeness (QED) is 0.699. The van der Waals surface area contributed by atoms with Gasteiger partial charge in [-0.3, -0.25) is 0 Å². The number of nitrogens with two attached hydrogens (primary N) is 1. The first-order valence-corrected chi connectivity index (χ1v) is 5.76. The van der Waals surface area contributed by atoms with Gasteiger partial charge in [-0.05, 0) is 5.92 Å². The van der Waals surface area contributed by atoms with Gasteiger partial charge in [0.1, 0.15) is 0 Å². The first kappa shape index (κ1) is 15.4. The third-order valence-electron chi connectivity index (χ3n) is 2.66. The van der Waals surface area contributed by atoms with Crippen molar-refractivity contribution in [1.29, 1.82) is 0 Å². The topological polar surface area (TPSA) is 67.5 Å². The lowest BCUT2D eigenvalue weighted by Crippen LogP contribution is -2.29. The normalized spacial score (nSPS) is 12.8. The first-order chi connectivity index (χ1) is 8.85. The van der Waals surface area contributed by atoms with Gasteiger partial charge in [0.2, 0.25) is 0 Å². The number of ether oxygens (including phenoxy) is 1. The fraction of sp³-hybridized carbons (Fsp3) is 0.500. The number of hydrogen-bond donors (Lipinski definition) is 3. The van der Waals surface area contributed by atoms with Crippen molar-refractivity contribution >= 4 is 11.4 Å². The van der Waals surface area contributed by atoms with Gasteiger partial charge in [-0.1, -0.05) is 13.8 Å². The Morgan fingerprint density at radius 3 is 2.47 bits per heavy atom. The molecule has 1 rings (SSSR count). The van der Waals surface area contributed by atoms with E-state index in [1.165, 1.54) is 0 Å². The molecule has 0 spiro atoms. The fourth-order valence-electron chi connectivity index (χ4n) is 1.50. The van der Waals surface area contributed by atoms with Gasteiger partial charge < -0.3 is 20.9 Å². The molecule has 0 saturated heterocycles. The zero-order valence-electron chi connectivity index (χ0n) is 10.7. The molecule has 0 aliphatic heterocycles. The van der Waals surface area contributed by atoms with Crippen molar-refractivity contribution < 1.29 is 23.0 Å². The number of anilines is 2. The van der Waals surface area contributed by atoms with Gasteiger partial charge in [-0.25, -0.2) is 4.39 Å². The van der Waals surface area contributed by atoms with Crippen LogP contribution in [0.3, 0.4) is 0 Å². The Morgan fingerprint density at radius 2 is 2.00 bits per heavy atom. The molecule has 1 aromatic rings. The molecule has 7 heteroatoms. The molecule has 4 nitrogen and oxygen atoms in total. The highest BCUT2D eigenvalue weighted by Crippen LogP contribution is 2.30. The molecule has 0 aliphatic rings. The maximum atomic E-state index is 13.4. The van der Waals surface area contributed by atoms with Crippen molar-refractivity contribution in [3.05, 3.63) is 17.9 Å². The molecule has 1 unspecified atom stereocenters. The minimum absolute atomic E-state index is 0.0539. The highest BCUT2D eigenvalue weighted by atomic mass is 19.3. The largest absolute Gasteiger partial charge is 0.432 e. The lowest BCUT2D eigenvalue weighted by Gasteiger charge is -2.22. The first-order valence-electron chi connectivity index (χ1n) is 5.76. The van der Waals surface area contributed by atoms with Crippen LogP contribution in [0, 0.1) is 11.7 Å². The van der Waals surface area contributed by atoms with E-state index in [0.717, 1.165) is 12.1 Å². The summed E-state index contributed by atoms with van der Waals surface area (Å²) >= 11 is 0. The Bertz CT molecular complexity index is 428. The van der Waals surface area contributed by atoms with Crippen LogP contribution in [-0.4, -0.2) is 24.4 Å². The predicted octanol–water partition coefficient (Wildman–Crippen LogP) is 2.44. The molecule has 0 aliphatic carbocycles. The van der Waals surface area contributed by atoms with Crippen LogP contribution >= 0.6 is 0 Å². The second-order valence-corrected chi connectivity index (χ2v) is 4.43. The summed E-state index contributed by atoms with van der Waals surface area (Å²) in [6.45, 7) is 0.443. The van der Waals surface area contributed by atoms with Crippen molar-refractivity contribution in [2.45, 2.75) is 26.5 Å². The Morgan fingerprint density at radius 1 is 1.37 bits per heavy atom. The zero-order chi connectivity index (χ0) is 14.6. The number of aliphatic hydroxyl groups excluding tert-OH is 1. The van der Waals surface area contributed by atoms with Crippen LogP contribution in [0.15, 0.2) is 12.1 Å². The number of nitrogen functional groups attached to an aromatic ring is 1. The number of aliphatic hydroxyl groups is 1. The van der Waals surface area contributed by atoms with Crippen molar-refractivity contribution in [2.24, 2.45) is 5.92 Å². The maximum Gasteiger partial charge on any atom is 0.387 e. The number of alkyl halides is 2. The van der Waals surface area contributed by atoms with E-state index in [4.69, 9.17) is 5.73 Å². The average Bonchev–Trinajstić information content (AvgIpc) is 2.30. The molecule has 4 N–H and O–H groups in total. The minimum atomic E-state index is -3.12. The summed E-state index contributed by atoms with van der Waals surface area (Å²) in [6, 6.07) is 1.63. The van der Waals surface area contributed by atoms with Gasteiger partial charge in [-0.15, -0.1) is 0 Å². The minimum Gasteiger partial charge on any atom is -0.432 e. The van der Waals surface area contributed by atoms with E-state index in [1.54, 1.807) is 0 Å². The lowest BCUT2D eigenvalue weighted by atomic mass is 10.0. The molecule has 0 aromatic heterocycles.